The second-order valence-electron chi connectivity index (χ2n) is 7.38. The van der Waals surface area contributed by atoms with Gasteiger partial charge in [0.05, 0.1) is 6.54 Å². The van der Waals surface area contributed by atoms with Crippen LogP contribution in [0, 0.1) is 11.7 Å². The van der Waals surface area contributed by atoms with Gasteiger partial charge in [-0.3, -0.25) is 14.2 Å². The third kappa shape index (κ3) is 3.80. The highest BCUT2D eigenvalue weighted by atomic mass is 19.1. The standard InChI is InChI=1S/C22H20FN3O4/c23-17-5-3-14(4-6-17)13-26-19-16(2-1-9-24-19)12-18(21(26)28)20(27)25-10-7-15(8-11-25)22(29)30/h1-6,9,12,15H,7-8,10-11,13H2,(H,29,30)/p-1. The number of halogens is 1. The molecule has 1 aliphatic heterocycles. The fourth-order valence-corrected chi connectivity index (χ4v) is 3.77. The second-order valence-corrected chi connectivity index (χ2v) is 7.38. The van der Waals surface area contributed by atoms with Crippen molar-refractivity contribution in [2.24, 2.45) is 5.92 Å². The number of fused-ring (bicyclic) bond motifs is 1. The summed E-state index contributed by atoms with van der Waals surface area (Å²) in [5, 5.41) is 11.7. The van der Waals surface area contributed by atoms with Crippen molar-refractivity contribution in [3.8, 4) is 0 Å². The van der Waals surface area contributed by atoms with Gasteiger partial charge in [0.15, 0.2) is 0 Å². The smallest absolute Gasteiger partial charge is 0.265 e. The van der Waals surface area contributed by atoms with Crippen LogP contribution >= 0.6 is 0 Å². The van der Waals surface area contributed by atoms with E-state index in [-0.39, 0.29) is 31.0 Å². The molecule has 0 aliphatic carbocycles. The molecular weight excluding hydrogens is 389 g/mol. The molecule has 1 aliphatic rings. The molecule has 0 bridgehead atoms. The fourth-order valence-electron chi connectivity index (χ4n) is 3.77. The molecule has 1 fully saturated rings. The lowest BCUT2D eigenvalue weighted by Gasteiger charge is -2.32. The van der Waals surface area contributed by atoms with Crippen LogP contribution in [-0.4, -0.2) is 39.4 Å². The molecule has 2 aromatic heterocycles. The van der Waals surface area contributed by atoms with E-state index in [1.807, 2.05) is 0 Å². The molecule has 0 saturated carbocycles. The Kier molecular flexibility index (Phi) is 5.31. The molecule has 0 atom stereocenters. The minimum absolute atomic E-state index is 0.00418. The van der Waals surface area contributed by atoms with Crippen molar-refractivity contribution < 1.29 is 19.1 Å². The number of amides is 1. The summed E-state index contributed by atoms with van der Waals surface area (Å²) in [5.41, 5.74) is 0.644. The number of carboxylic acid groups (broad SMARTS) is 1. The quantitative estimate of drug-likeness (QED) is 0.646. The third-order valence-electron chi connectivity index (χ3n) is 5.45. The number of piperidine rings is 1. The Morgan fingerprint density at radius 1 is 1.13 bits per heavy atom. The number of carbonyl (C=O) groups excluding carboxylic acids is 2. The average molecular weight is 408 g/mol. The first kappa shape index (κ1) is 19.8. The molecule has 7 nitrogen and oxygen atoms in total. The molecule has 3 aromatic rings. The lowest BCUT2D eigenvalue weighted by molar-refractivity contribution is -0.312. The molecule has 0 unspecified atom stereocenters. The zero-order valence-corrected chi connectivity index (χ0v) is 16.1. The molecule has 4 rings (SSSR count). The van der Waals surface area contributed by atoms with E-state index < -0.39 is 23.4 Å². The highest BCUT2D eigenvalue weighted by Crippen LogP contribution is 2.19. The first-order valence-corrected chi connectivity index (χ1v) is 9.67. The Labute approximate surface area is 171 Å². The van der Waals surface area contributed by atoms with Crippen molar-refractivity contribution in [3.05, 3.63) is 76.0 Å². The molecule has 1 saturated heterocycles. The maximum atomic E-state index is 13.2. The van der Waals surface area contributed by atoms with Crippen molar-refractivity contribution in [1.29, 1.82) is 0 Å². The second kappa shape index (κ2) is 8.06. The van der Waals surface area contributed by atoms with Gasteiger partial charge in [-0.25, -0.2) is 9.37 Å². The third-order valence-corrected chi connectivity index (χ3v) is 5.45. The Morgan fingerprint density at radius 2 is 1.83 bits per heavy atom. The van der Waals surface area contributed by atoms with Crippen LogP contribution in [-0.2, 0) is 11.3 Å². The van der Waals surface area contributed by atoms with E-state index >= 15 is 0 Å². The largest absolute Gasteiger partial charge is 0.550 e. The van der Waals surface area contributed by atoms with Gasteiger partial charge >= 0.3 is 0 Å². The van der Waals surface area contributed by atoms with E-state index in [4.69, 9.17) is 0 Å². The van der Waals surface area contributed by atoms with Gasteiger partial charge in [0.1, 0.15) is 17.0 Å². The monoisotopic (exact) mass is 408 g/mol. The molecule has 30 heavy (non-hydrogen) atoms. The number of rotatable bonds is 4. The van der Waals surface area contributed by atoms with Crippen LogP contribution in [0.5, 0.6) is 0 Å². The summed E-state index contributed by atoms with van der Waals surface area (Å²) in [4.78, 5) is 43.1. The van der Waals surface area contributed by atoms with Crippen molar-refractivity contribution in [1.82, 2.24) is 14.5 Å². The van der Waals surface area contributed by atoms with E-state index in [9.17, 15) is 23.9 Å². The minimum Gasteiger partial charge on any atom is -0.550 e. The summed E-state index contributed by atoms with van der Waals surface area (Å²) in [6.07, 6.45) is 2.16. The number of benzene rings is 1. The van der Waals surface area contributed by atoms with E-state index in [1.54, 1.807) is 30.5 Å². The highest BCUT2D eigenvalue weighted by molar-refractivity contribution is 5.97. The summed E-state index contributed by atoms with van der Waals surface area (Å²) in [6.45, 7) is 0.639. The molecule has 154 valence electrons. The summed E-state index contributed by atoms with van der Waals surface area (Å²) < 4.78 is 14.6. The number of aliphatic carboxylic acids is 1. The van der Waals surface area contributed by atoms with Gasteiger partial charge in [0.25, 0.3) is 11.5 Å². The molecule has 8 heteroatoms. The number of nitrogens with zero attached hydrogens (tertiary/aromatic N) is 3. The van der Waals surface area contributed by atoms with Crippen LogP contribution in [0.1, 0.15) is 28.8 Å². The van der Waals surface area contributed by atoms with Crippen LogP contribution in [0.4, 0.5) is 4.39 Å². The molecule has 0 N–H and O–H groups in total. The van der Waals surface area contributed by atoms with Gasteiger partial charge in [-0.2, -0.15) is 0 Å². The van der Waals surface area contributed by atoms with Crippen molar-refractivity contribution >= 4 is 22.9 Å². The Morgan fingerprint density at radius 3 is 2.50 bits per heavy atom. The van der Waals surface area contributed by atoms with Gasteiger partial charge < -0.3 is 14.8 Å². The van der Waals surface area contributed by atoms with Crippen LogP contribution in [0.2, 0.25) is 0 Å². The average Bonchev–Trinajstić information content (AvgIpc) is 2.76. The van der Waals surface area contributed by atoms with Gasteiger partial charge in [0.2, 0.25) is 0 Å². The molecule has 0 spiro atoms. The van der Waals surface area contributed by atoms with Crippen LogP contribution < -0.4 is 10.7 Å². The predicted molar refractivity (Wildman–Crippen MR) is 105 cm³/mol. The van der Waals surface area contributed by atoms with Crippen molar-refractivity contribution in [3.63, 3.8) is 0 Å². The van der Waals surface area contributed by atoms with E-state index in [0.29, 0.717) is 29.4 Å². The molecule has 1 amide bonds. The first-order chi connectivity index (χ1) is 14.4. The van der Waals surface area contributed by atoms with Gasteiger partial charge in [-0.1, -0.05) is 12.1 Å². The van der Waals surface area contributed by atoms with Crippen LogP contribution in [0.15, 0.2) is 53.5 Å². The predicted octanol–water partition coefficient (Wildman–Crippen LogP) is 1.19. The van der Waals surface area contributed by atoms with E-state index in [0.717, 1.165) is 0 Å². The van der Waals surface area contributed by atoms with Gasteiger partial charge in [-0.15, -0.1) is 0 Å². The lowest BCUT2D eigenvalue weighted by Crippen LogP contribution is -2.45. The lowest BCUT2D eigenvalue weighted by atomic mass is 9.96. The van der Waals surface area contributed by atoms with Gasteiger partial charge in [-0.05, 0) is 48.7 Å². The Hall–Kier alpha value is -3.55. The molecular formula is C22H19FN3O4-. The van der Waals surface area contributed by atoms with Gasteiger partial charge in [0, 0.05) is 36.6 Å². The molecule has 1 aromatic carbocycles. The number of hydrogen-bond donors (Lipinski definition) is 0. The summed E-state index contributed by atoms with van der Waals surface area (Å²) in [5.74, 6) is -2.50. The number of carbonyl (C=O) groups is 2. The van der Waals surface area contributed by atoms with Crippen molar-refractivity contribution in [2.75, 3.05) is 13.1 Å². The first-order valence-electron chi connectivity index (χ1n) is 9.67. The number of carboxylic acids is 1. The zero-order chi connectivity index (χ0) is 21.3. The fraction of sp³-hybridized carbons (Fsp3) is 0.273. The van der Waals surface area contributed by atoms with Crippen molar-refractivity contribution in [2.45, 2.75) is 19.4 Å². The summed E-state index contributed by atoms with van der Waals surface area (Å²) in [7, 11) is 0. The maximum absolute atomic E-state index is 13.2. The number of hydrogen-bond acceptors (Lipinski definition) is 5. The molecule has 3 heterocycles. The number of likely N-dealkylation sites (tertiary alicyclic amines) is 1. The van der Waals surface area contributed by atoms with E-state index in [1.165, 1.54) is 27.7 Å². The zero-order valence-electron chi connectivity index (χ0n) is 16.1. The van der Waals surface area contributed by atoms with E-state index in [2.05, 4.69) is 4.98 Å². The highest BCUT2D eigenvalue weighted by Gasteiger charge is 2.27. The van der Waals surface area contributed by atoms with Crippen LogP contribution in [0.3, 0.4) is 0 Å². The normalized spacial score (nSPS) is 14.8. The SMILES string of the molecule is O=C([O-])C1CCN(C(=O)c2cc3cccnc3n(Cc3ccc(F)cc3)c2=O)CC1. The number of pyridine rings is 2. The van der Waals surface area contributed by atoms with Crippen LogP contribution in [0.25, 0.3) is 11.0 Å². The maximum Gasteiger partial charge on any atom is 0.265 e. The minimum atomic E-state index is -1.11. The topological polar surface area (TPSA) is 95.3 Å². The molecule has 0 radical (unpaired) electrons. The summed E-state index contributed by atoms with van der Waals surface area (Å²) >= 11 is 0. The summed E-state index contributed by atoms with van der Waals surface area (Å²) in [6, 6.07) is 10.8. The number of aromatic nitrogens is 2. The Bertz CT molecular complexity index is 1170. The Balaban J connectivity index is 1.71.